The van der Waals surface area contributed by atoms with Crippen molar-refractivity contribution in [2.45, 2.75) is 25.4 Å². The fraction of sp³-hybridized carbons (Fsp3) is 0.458. The first kappa shape index (κ1) is 22.7. The summed E-state index contributed by atoms with van der Waals surface area (Å²) in [4.78, 5) is 13.5. The number of anilines is 1. The maximum absolute atomic E-state index is 6.50. The summed E-state index contributed by atoms with van der Waals surface area (Å²) in [6.45, 7) is 7.88. The lowest BCUT2D eigenvalue weighted by molar-refractivity contribution is -0.0123. The molecule has 170 valence electrons. The molecule has 0 amide bonds. The SMILES string of the molecule is Cn1nccc1C(C)(OCCCCN1CCN(c2ncccn2)CC1)c1ccc(Cl)cc1. The first-order chi connectivity index (χ1) is 15.6. The molecule has 0 spiro atoms. The van der Waals surface area contributed by atoms with E-state index >= 15 is 0 Å². The van der Waals surface area contributed by atoms with E-state index < -0.39 is 5.60 Å². The Hall–Kier alpha value is -2.48. The maximum atomic E-state index is 6.50. The van der Waals surface area contributed by atoms with Gasteiger partial charge in [0.05, 0.1) is 5.69 Å². The van der Waals surface area contributed by atoms with Gasteiger partial charge in [0.15, 0.2) is 0 Å². The lowest BCUT2D eigenvalue weighted by Gasteiger charge is -2.34. The number of nitrogens with zero attached hydrogens (tertiary/aromatic N) is 6. The van der Waals surface area contributed by atoms with Gasteiger partial charge in [-0.2, -0.15) is 5.10 Å². The lowest BCUT2D eigenvalue weighted by Crippen LogP contribution is -2.47. The number of rotatable bonds is 9. The Kier molecular flexibility index (Phi) is 7.40. The van der Waals surface area contributed by atoms with E-state index in [1.165, 1.54) is 0 Å². The first-order valence-electron chi connectivity index (χ1n) is 11.2. The molecule has 3 heterocycles. The van der Waals surface area contributed by atoms with Gasteiger partial charge in [0.25, 0.3) is 0 Å². The highest BCUT2D eigenvalue weighted by molar-refractivity contribution is 6.30. The van der Waals surface area contributed by atoms with Gasteiger partial charge in [0.2, 0.25) is 5.95 Å². The van der Waals surface area contributed by atoms with Gasteiger partial charge in [0, 0.05) is 63.4 Å². The van der Waals surface area contributed by atoms with Crippen LogP contribution in [0.3, 0.4) is 0 Å². The minimum Gasteiger partial charge on any atom is -0.364 e. The molecule has 4 rings (SSSR count). The van der Waals surface area contributed by atoms with Gasteiger partial charge in [0.1, 0.15) is 5.60 Å². The van der Waals surface area contributed by atoms with Gasteiger partial charge in [-0.05, 0) is 56.1 Å². The molecule has 1 aliphatic heterocycles. The average molecular weight is 455 g/mol. The molecule has 0 saturated carbocycles. The zero-order chi connectivity index (χ0) is 22.4. The van der Waals surface area contributed by atoms with Crippen molar-refractivity contribution < 1.29 is 4.74 Å². The number of hydrogen-bond acceptors (Lipinski definition) is 6. The van der Waals surface area contributed by atoms with Gasteiger partial charge in [-0.3, -0.25) is 9.58 Å². The second-order valence-corrected chi connectivity index (χ2v) is 8.75. The lowest BCUT2D eigenvalue weighted by atomic mass is 9.92. The molecule has 32 heavy (non-hydrogen) atoms. The smallest absolute Gasteiger partial charge is 0.225 e. The van der Waals surface area contributed by atoms with E-state index in [0.29, 0.717) is 6.61 Å². The number of unbranched alkanes of at least 4 members (excludes halogenated alkanes) is 1. The third kappa shape index (κ3) is 5.28. The number of halogens is 1. The monoisotopic (exact) mass is 454 g/mol. The standard InChI is InChI=1S/C24H31ClN6O/c1-24(22-10-13-28-29(22)2,20-6-8-21(25)9-7-20)32-19-4-3-14-30-15-17-31(18-16-30)23-26-11-5-12-27-23/h5-13H,3-4,14-19H2,1-2H3. The molecule has 1 fully saturated rings. The van der Waals surface area contributed by atoms with Crippen LogP contribution in [-0.4, -0.2) is 64.0 Å². The van der Waals surface area contributed by atoms with Crippen molar-refractivity contribution in [3.63, 3.8) is 0 Å². The molecular weight excluding hydrogens is 424 g/mol. The summed E-state index contributed by atoms with van der Waals surface area (Å²) in [6.07, 6.45) is 7.52. The van der Waals surface area contributed by atoms with E-state index in [1.807, 2.05) is 54.3 Å². The fourth-order valence-corrected chi connectivity index (χ4v) is 4.38. The van der Waals surface area contributed by atoms with Crippen LogP contribution in [0.5, 0.6) is 0 Å². The van der Waals surface area contributed by atoms with Crippen LogP contribution in [0.4, 0.5) is 5.95 Å². The summed E-state index contributed by atoms with van der Waals surface area (Å²) >= 11 is 6.11. The Labute approximate surface area is 195 Å². The quantitative estimate of drug-likeness (QED) is 0.459. The van der Waals surface area contributed by atoms with E-state index in [1.54, 1.807) is 12.4 Å². The summed E-state index contributed by atoms with van der Waals surface area (Å²) in [5.41, 5.74) is 1.53. The Balaban J connectivity index is 1.26. The molecule has 1 atom stereocenters. The predicted molar refractivity (Wildman–Crippen MR) is 127 cm³/mol. The third-order valence-corrected chi connectivity index (χ3v) is 6.42. The van der Waals surface area contributed by atoms with Gasteiger partial charge in [-0.25, -0.2) is 9.97 Å². The van der Waals surface area contributed by atoms with Crippen molar-refractivity contribution in [3.8, 4) is 0 Å². The van der Waals surface area contributed by atoms with Crippen LogP contribution >= 0.6 is 11.6 Å². The molecule has 3 aromatic rings. The van der Waals surface area contributed by atoms with Crippen LogP contribution in [0.2, 0.25) is 5.02 Å². The van der Waals surface area contributed by atoms with Crippen molar-refractivity contribution in [2.75, 3.05) is 44.2 Å². The Bertz CT molecular complexity index is 972. The molecule has 8 heteroatoms. The number of hydrogen-bond donors (Lipinski definition) is 0. The van der Waals surface area contributed by atoms with Crippen molar-refractivity contribution in [1.82, 2.24) is 24.6 Å². The maximum Gasteiger partial charge on any atom is 0.225 e. The molecule has 1 aromatic carbocycles. The highest BCUT2D eigenvalue weighted by atomic mass is 35.5. The number of ether oxygens (including phenoxy) is 1. The summed E-state index contributed by atoms with van der Waals surface area (Å²) in [7, 11) is 1.95. The largest absolute Gasteiger partial charge is 0.364 e. The van der Waals surface area contributed by atoms with Gasteiger partial charge < -0.3 is 9.64 Å². The normalized spacial score (nSPS) is 16.8. The Morgan fingerprint density at radius 2 is 1.69 bits per heavy atom. The van der Waals surface area contributed by atoms with Gasteiger partial charge in [-0.15, -0.1) is 0 Å². The van der Waals surface area contributed by atoms with E-state index in [-0.39, 0.29) is 0 Å². The highest BCUT2D eigenvalue weighted by Crippen LogP contribution is 2.33. The Morgan fingerprint density at radius 1 is 0.969 bits per heavy atom. The minimum absolute atomic E-state index is 0.572. The Morgan fingerprint density at radius 3 is 2.34 bits per heavy atom. The summed E-state index contributed by atoms with van der Waals surface area (Å²) in [5.74, 6) is 0.831. The third-order valence-electron chi connectivity index (χ3n) is 6.17. The van der Waals surface area contributed by atoms with Crippen LogP contribution in [0.1, 0.15) is 31.0 Å². The molecule has 0 radical (unpaired) electrons. The number of benzene rings is 1. The molecule has 7 nitrogen and oxygen atoms in total. The zero-order valence-corrected chi connectivity index (χ0v) is 19.6. The topological polar surface area (TPSA) is 59.3 Å². The van der Waals surface area contributed by atoms with Crippen molar-refractivity contribution in [1.29, 1.82) is 0 Å². The van der Waals surface area contributed by atoms with E-state index in [0.717, 1.165) is 67.8 Å². The van der Waals surface area contributed by atoms with Crippen LogP contribution in [0, 0.1) is 0 Å². The average Bonchev–Trinajstić information content (AvgIpc) is 3.27. The summed E-state index contributed by atoms with van der Waals surface area (Å²) in [6, 6.07) is 11.8. The van der Waals surface area contributed by atoms with E-state index in [2.05, 4.69) is 31.8 Å². The van der Waals surface area contributed by atoms with Crippen LogP contribution < -0.4 is 4.90 Å². The van der Waals surface area contributed by atoms with Gasteiger partial charge in [-0.1, -0.05) is 23.7 Å². The molecular formula is C24H31ClN6O. The molecule has 1 aliphatic rings. The van der Waals surface area contributed by atoms with E-state index in [4.69, 9.17) is 16.3 Å². The fourth-order valence-electron chi connectivity index (χ4n) is 4.25. The van der Waals surface area contributed by atoms with Crippen LogP contribution in [0.25, 0.3) is 0 Å². The van der Waals surface area contributed by atoms with Crippen LogP contribution in [0.15, 0.2) is 55.0 Å². The molecule has 2 aromatic heterocycles. The zero-order valence-electron chi connectivity index (χ0n) is 18.8. The molecule has 0 N–H and O–H groups in total. The molecule has 1 saturated heterocycles. The number of aromatic nitrogens is 4. The highest BCUT2D eigenvalue weighted by Gasteiger charge is 2.32. The number of aryl methyl sites for hydroxylation is 1. The predicted octanol–water partition coefficient (Wildman–Crippen LogP) is 3.75. The first-order valence-corrected chi connectivity index (χ1v) is 11.6. The van der Waals surface area contributed by atoms with Crippen molar-refractivity contribution in [3.05, 3.63) is 71.3 Å². The molecule has 1 unspecified atom stereocenters. The van der Waals surface area contributed by atoms with Crippen LogP contribution in [-0.2, 0) is 17.4 Å². The van der Waals surface area contributed by atoms with Gasteiger partial charge >= 0.3 is 0 Å². The summed E-state index contributed by atoms with van der Waals surface area (Å²) in [5, 5.41) is 5.07. The van der Waals surface area contributed by atoms with Crippen molar-refractivity contribution >= 4 is 17.5 Å². The van der Waals surface area contributed by atoms with Crippen molar-refractivity contribution in [2.24, 2.45) is 7.05 Å². The summed E-state index contributed by atoms with van der Waals surface area (Å²) < 4.78 is 8.38. The molecule has 0 bridgehead atoms. The van der Waals surface area contributed by atoms with E-state index in [9.17, 15) is 0 Å². The minimum atomic E-state index is -0.572. The molecule has 0 aliphatic carbocycles. The second kappa shape index (κ2) is 10.4. The second-order valence-electron chi connectivity index (χ2n) is 8.31. The number of piperazine rings is 1.